The summed E-state index contributed by atoms with van der Waals surface area (Å²) in [6.45, 7) is 0. The zero-order chi connectivity index (χ0) is 15.7. The number of nitriles is 1. The minimum atomic E-state index is 0.286. The molecule has 0 saturated carbocycles. The van der Waals surface area contributed by atoms with Crippen molar-refractivity contribution in [3.05, 3.63) is 52.5 Å². The number of aryl methyl sites for hydroxylation is 1. The number of hydrogen-bond donors (Lipinski definition) is 0. The highest BCUT2D eigenvalue weighted by Crippen LogP contribution is 2.33. The lowest BCUT2D eigenvalue weighted by atomic mass is 9.97. The molecular weight excluding hydrogens is 321 g/mol. The van der Waals surface area contributed by atoms with E-state index in [0.717, 1.165) is 16.7 Å². The minimum absolute atomic E-state index is 0.286. The molecule has 0 radical (unpaired) electrons. The highest BCUT2D eigenvalue weighted by molar-refractivity contribution is 6.32. The molecule has 2 heterocycles. The average Bonchev–Trinajstić information content (AvgIpc) is 2.91. The van der Waals surface area contributed by atoms with Crippen molar-refractivity contribution in [2.24, 2.45) is 7.05 Å². The van der Waals surface area contributed by atoms with Crippen molar-refractivity contribution in [3.8, 4) is 28.6 Å². The third kappa shape index (κ3) is 2.67. The van der Waals surface area contributed by atoms with E-state index in [1.54, 1.807) is 35.2 Å². The molecule has 1 aromatic carbocycles. The topological polar surface area (TPSA) is 67.4 Å². The van der Waals surface area contributed by atoms with E-state index < -0.39 is 0 Å². The second kappa shape index (κ2) is 5.76. The summed E-state index contributed by atoms with van der Waals surface area (Å²) in [5.41, 5.74) is 2.92. The van der Waals surface area contributed by atoms with Gasteiger partial charge in [0.2, 0.25) is 0 Å². The van der Waals surface area contributed by atoms with Gasteiger partial charge >= 0.3 is 0 Å². The van der Waals surface area contributed by atoms with Gasteiger partial charge in [0.25, 0.3) is 0 Å². The Hall–Kier alpha value is -2.42. The molecule has 0 atom stereocenters. The van der Waals surface area contributed by atoms with Gasteiger partial charge in [-0.3, -0.25) is 0 Å². The Morgan fingerprint density at radius 1 is 1.09 bits per heavy atom. The SMILES string of the molecule is Cn1cnnc1-c1ccc(C#N)cc1-c1cc(Cl)nc(Cl)c1. The van der Waals surface area contributed by atoms with Gasteiger partial charge < -0.3 is 4.57 Å². The van der Waals surface area contributed by atoms with E-state index in [9.17, 15) is 0 Å². The van der Waals surface area contributed by atoms with E-state index >= 15 is 0 Å². The second-order valence-electron chi connectivity index (χ2n) is 4.64. The molecule has 5 nitrogen and oxygen atoms in total. The summed E-state index contributed by atoms with van der Waals surface area (Å²) in [7, 11) is 1.85. The summed E-state index contributed by atoms with van der Waals surface area (Å²) in [6, 6.07) is 10.9. The van der Waals surface area contributed by atoms with Crippen LogP contribution in [0.1, 0.15) is 5.56 Å². The van der Waals surface area contributed by atoms with Gasteiger partial charge in [-0.1, -0.05) is 23.2 Å². The average molecular weight is 330 g/mol. The monoisotopic (exact) mass is 329 g/mol. The molecule has 0 spiro atoms. The number of pyridine rings is 1. The number of hydrogen-bond acceptors (Lipinski definition) is 4. The summed E-state index contributed by atoms with van der Waals surface area (Å²) < 4.78 is 1.80. The maximum Gasteiger partial charge on any atom is 0.164 e. The molecule has 3 aromatic rings. The van der Waals surface area contributed by atoms with E-state index in [-0.39, 0.29) is 10.3 Å². The standard InChI is InChI=1S/C15H9Cl2N5/c1-22-8-19-21-15(22)11-3-2-9(7-18)4-12(11)10-5-13(16)20-14(17)6-10/h2-6,8H,1H3. The molecule has 0 N–H and O–H groups in total. The lowest BCUT2D eigenvalue weighted by Crippen LogP contribution is -1.95. The molecule has 0 amide bonds. The van der Waals surface area contributed by atoms with Crippen LogP contribution in [0.15, 0.2) is 36.7 Å². The van der Waals surface area contributed by atoms with Gasteiger partial charge in [-0.05, 0) is 41.5 Å². The first-order chi connectivity index (χ1) is 10.6. The van der Waals surface area contributed by atoms with Crippen molar-refractivity contribution < 1.29 is 0 Å². The van der Waals surface area contributed by atoms with Gasteiger partial charge in [0.1, 0.15) is 16.6 Å². The van der Waals surface area contributed by atoms with Gasteiger partial charge in [-0.25, -0.2) is 4.98 Å². The van der Waals surface area contributed by atoms with Crippen LogP contribution in [-0.2, 0) is 7.05 Å². The third-order valence-corrected chi connectivity index (χ3v) is 3.56. The van der Waals surface area contributed by atoms with Crippen molar-refractivity contribution in [2.45, 2.75) is 0 Å². The maximum atomic E-state index is 9.15. The predicted octanol–water partition coefficient (Wildman–Crippen LogP) is 3.72. The molecule has 0 aliphatic heterocycles. The molecule has 0 saturated heterocycles. The number of nitrogens with zero attached hydrogens (tertiary/aromatic N) is 5. The summed E-state index contributed by atoms with van der Waals surface area (Å²) in [5.74, 6) is 0.684. The molecule has 22 heavy (non-hydrogen) atoms. The number of benzene rings is 1. The zero-order valence-electron chi connectivity index (χ0n) is 11.5. The Labute approximate surface area is 136 Å². The molecule has 0 aliphatic rings. The molecule has 0 aliphatic carbocycles. The minimum Gasteiger partial charge on any atom is -0.317 e. The first-order valence-corrected chi connectivity index (χ1v) is 7.06. The van der Waals surface area contributed by atoms with Crippen molar-refractivity contribution in [3.63, 3.8) is 0 Å². The Morgan fingerprint density at radius 2 is 1.82 bits per heavy atom. The Morgan fingerprint density at radius 3 is 2.41 bits per heavy atom. The Balaban J connectivity index is 2.29. The predicted molar refractivity (Wildman–Crippen MR) is 84.4 cm³/mol. The summed E-state index contributed by atoms with van der Waals surface area (Å²) >= 11 is 12.0. The first-order valence-electron chi connectivity index (χ1n) is 6.30. The highest BCUT2D eigenvalue weighted by Gasteiger charge is 2.14. The first kappa shape index (κ1) is 14.5. The van der Waals surface area contributed by atoms with Gasteiger partial charge in [0, 0.05) is 12.6 Å². The van der Waals surface area contributed by atoms with Gasteiger partial charge in [0.15, 0.2) is 5.82 Å². The highest BCUT2D eigenvalue weighted by atomic mass is 35.5. The summed E-state index contributed by atoms with van der Waals surface area (Å²) in [4.78, 5) is 3.95. The number of halogens is 2. The molecule has 0 unspecified atom stereocenters. The molecule has 0 fully saturated rings. The summed E-state index contributed by atoms with van der Waals surface area (Å²) in [6.07, 6.45) is 1.61. The molecule has 3 rings (SSSR count). The molecular formula is C15H9Cl2N5. The largest absolute Gasteiger partial charge is 0.317 e. The Bertz CT molecular complexity index is 875. The lowest BCUT2D eigenvalue weighted by molar-refractivity contribution is 0.920. The van der Waals surface area contributed by atoms with E-state index in [0.29, 0.717) is 11.4 Å². The van der Waals surface area contributed by atoms with Gasteiger partial charge in [-0.2, -0.15) is 5.26 Å². The van der Waals surface area contributed by atoms with Crippen molar-refractivity contribution in [2.75, 3.05) is 0 Å². The molecule has 108 valence electrons. The Kier molecular flexibility index (Phi) is 3.80. The number of rotatable bonds is 2. The van der Waals surface area contributed by atoms with E-state index in [1.165, 1.54) is 0 Å². The van der Waals surface area contributed by atoms with Crippen LogP contribution in [0, 0.1) is 11.3 Å². The van der Waals surface area contributed by atoms with E-state index in [4.69, 9.17) is 28.5 Å². The van der Waals surface area contributed by atoms with Gasteiger partial charge in [-0.15, -0.1) is 10.2 Å². The fourth-order valence-corrected chi connectivity index (χ4v) is 2.66. The van der Waals surface area contributed by atoms with Crippen LogP contribution < -0.4 is 0 Å². The zero-order valence-corrected chi connectivity index (χ0v) is 13.0. The van der Waals surface area contributed by atoms with E-state index in [2.05, 4.69) is 21.3 Å². The van der Waals surface area contributed by atoms with Crippen LogP contribution in [0.4, 0.5) is 0 Å². The normalized spacial score (nSPS) is 10.5. The second-order valence-corrected chi connectivity index (χ2v) is 5.41. The quantitative estimate of drug-likeness (QED) is 0.672. The lowest BCUT2D eigenvalue weighted by Gasteiger charge is -2.10. The van der Waals surface area contributed by atoms with Crippen LogP contribution in [0.25, 0.3) is 22.5 Å². The van der Waals surface area contributed by atoms with Crippen molar-refractivity contribution >= 4 is 23.2 Å². The summed E-state index contributed by atoms with van der Waals surface area (Å²) in [5, 5.41) is 17.7. The number of aromatic nitrogens is 4. The van der Waals surface area contributed by atoms with Crippen LogP contribution in [0.2, 0.25) is 10.3 Å². The third-order valence-electron chi connectivity index (χ3n) is 3.17. The van der Waals surface area contributed by atoms with Gasteiger partial charge in [0.05, 0.1) is 11.6 Å². The van der Waals surface area contributed by atoms with Crippen LogP contribution in [0.3, 0.4) is 0 Å². The van der Waals surface area contributed by atoms with Crippen LogP contribution in [-0.4, -0.2) is 19.7 Å². The van der Waals surface area contributed by atoms with Crippen LogP contribution >= 0.6 is 23.2 Å². The molecule has 7 heteroatoms. The smallest absolute Gasteiger partial charge is 0.164 e. The fraction of sp³-hybridized carbons (Fsp3) is 0.0667. The van der Waals surface area contributed by atoms with Crippen molar-refractivity contribution in [1.82, 2.24) is 19.7 Å². The maximum absolute atomic E-state index is 9.15. The fourth-order valence-electron chi connectivity index (χ4n) is 2.20. The van der Waals surface area contributed by atoms with E-state index in [1.807, 2.05) is 13.1 Å². The van der Waals surface area contributed by atoms with Crippen LogP contribution in [0.5, 0.6) is 0 Å². The molecule has 0 bridgehead atoms. The van der Waals surface area contributed by atoms with Crippen molar-refractivity contribution in [1.29, 1.82) is 5.26 Å². The molecule has 2 aromatic heterocycles.